The molecule has 0 unspecified atom stereocenters. The second-order valence-electron chi connectivity index (χ2n) is 8.28. The van der Waals surface area contributed by atoms with E-state index in [1.165, 1.54) is 12.8 Å². The number of carbonyl (C=O) groups excluding carboxylic acids is 1. The predicted molar refractivity (Wildman–Crippen MR) is 120 cm³/mol. The number of nitrogens with one attached hydrogen (secondary N) is 1. The molecule has 0 aromatic heterocycles. The lowest BCUT2D eigenvalue weighted by Gasteiger charge is -2.34. The number of amides is 1. The summed E-state index contributed by atoms with van der Waals surface area (Å²) < 4.78 is 11.3. The first-order valence-corrected chi connectivity index (χ1v) is 10.9. The summed E-state index contributed by atoms with van der Waals surface area (Å²) in [5.74, 6) is 1.21. The van der Waals surface area contributed by atoms with Crippen molar-refractivity contribution in [2.24, 2.45) is 5.92 Å². The molecule has 0 bridgehead atoms. The lowest BCUT2D eigenvalue weighted by molar-refractivity contribution is 0.0473. The van der Waals surface area contributed by atoms with Crippen LogP contribution in [-0.4, -0.2) is 50.3 Å². The van der Waals surface area contributed by atoms with Gasteiger partial charge in [0, 0.05) is 18.2 Å². The molecular weight excluding hydrogens is 376 g/mol. The molecule has 1 amide bonds. The SMILES string of the molecule is COc1ccc(C(=O)N[C@@H](COCC2CCN(C(C)C)CC2)c2ccccc2)cc1. The van der Waals surface area contributed by atoms with Gasteiger partial charge in [0.05, 0.1) is 19.8 Å². The number of hydrogen-bond donors (Lipinski definition) is 1. The summed E-state index contributed by atoms with van der Waals surface area (Å²) in [4.78, 5) is 15.3. The molecule has 3 rings (SSSR count). The Hall–Kier alpha value is -2.37. The molecule has 2 aromatic rings. The van der Waals surface area contributed by atoms with Crippen molar-refractivity contribution in [2.45, 2.75) is 38.8 Å². The fraction of sp³-hybridized carbons (Fsp3) is 0.480. The van der Waals surface area contributed by atoms with Crippen LogP contribution in [0.1, 0.15) is 48.7 Å². The average molecular weight is 411 g/mol. The van der Waals surface area contributed by atoms with E-state index in [0.29, 0.717) is 24.1 Å². The van der Waals surface area contributed by atoms with E-state index in [9.17, 15) is 4.79 Å². The number of carbonyl (C=O) groups is 1. The third kappa shape index (κ3) is 6.31. The first-order valence-electron chi connectivity index (χ1n) is 10.9. The van der Waals surface area contributed by atoms with Crippen LogP contribution in [0.2, 0.25) is 0 Å². The second kappa shape index (κ2) is 11.1. The summed E-state index contributed by atoms with van der Waals surface area (Å²) in [6.45, 7) is 8.01. The van der Waals surface area contributed by atoms with E-state index < -0.39 is 0 Å². The van der Waals surface area contributed by atoms with Gasteiger partial charge in [-0.2, -0.15) is 0 Å². The third-order valence-corrected chi connectivity index (χ3v) is 5.88. The minimum Gasteiger partial charge on any atom is -0.497 e. The van der Waals surface area contributed by atoms with Crippen molar-refractivity contribution in [2.75, 3.05) is 33.4 Å². The van der Waals surface area contributed by atoms with Crippen molar-refractivity contribution in [1.82, 2.24) is 10.2 Å². The molecule has 30 heavy (non-hydrogen) atoms. The molecule has 0 radical (unpaired) electrons. The summed E-state index contributed by atoms with van der Waals surface area (Å²) in [6, 6.07) is 17.6. The molecule has 2 aromatic carbocycles. The predicted octanol–water partition coefficient (Wildman–Crippen LogP) is 4.30. The van der Waals surface area contributed by atoms with Gasteiger partial charge in [-0.25, -0.2) is 0 Å². The van der Waals surface area contributed by atoms with Gasteiger partial charge in [0.25, 0.3) is 5.91 Å². The Balaban J connectivity index is 1.56. The molecule has 5 nitrogen and oxygen atoms in total. The lowest BCUT2D eigenvalue weighted by atomic mass is 9.97. The molecule has 5 heteroatoms. The van der Waals surface area contributed by atoms with Gasteiger partial charge in [-0.3, -0.25) is 4.79 Å². The fourth-order valence-electron chi connectivity index (χ4n) is 3.88. The van der Waals surface area contributed by atoms with E-state index in [4.69, 9.17) is 9.47 Å². The molecule has 1 saturated heterocycles. The number of piperidine rings is 1. The monoisotopic (exact) mass is 410 g/mol. The fourth-order valence-corrected chi connectivity index (χ4v) is 3.88. The Morgan fingerprint density at radius 3 is 2.33 bits per heavy atom. The molecule has 162 valence electrons. The van der Waals surface area contributed by atoms with Crippen molar-refractivity contribution < 1.29 is 14.3 Å². The Morgan fingerprint density at radius 1 is 1.07 bits per heavy atom. The largest absolute Gasteiger partial charge is 0.497 e. The van der Waals surface area contributed by atoms with Crippen LogP contribution < -0.4 is 10.1 Å². The molecule has 0 spiro atoms. The average Bonchev–Trinajstić information content (AvgIpc) is 2.79. The highest BCUT2D eigenvalue weighted by Gasteiger charge is 2.22. The second-order valence-corrected chi connectivity index (χ2v) is 8.28. The van der Waals surface area contributed by atoms with Crippen LogP contribution in [0.5, 0.6) is 5.75 Å². The maximum Gasteiger partial charge on any atom is 0.251 e. The third-order valence-electron chi connectivity index (χ3n) is 5.88. The van der Waals surface area contributed by atoms with Crippen molar-refractivity contribution in [1.29, 1.82) is 0 Å². The van der Waals surface area contributed by atoms with Gasteiger partial charge in [0.2, 0.25) is 0 Å². The van der Waals surface area contributed by atoms with E-state index in [-0.39, 0.29) is 11.9 Å². The number of ether oxygens (including phenoxy) is 2. The molecular formula is C25H34N2O3. The number of hydrogen-bond acceptors (Lipinski definition) is 4. The zero-order valence-corrected chi connectivity index (χ0v) is 18.3. The van der Waals surface area contributed by atoms with Crippen LogP contribution in [0.15, 0.2) is 54.6 Å². The van der Waals surface area contributed by atoms with Crippen LogP contribution in [-0.2, 0) is 4.74 Å². The smallest absolute Gasteiger partial charge is 0.251 e. The molecule has 1 heterocycles. The van der Waals surface area contributed by atoms with E-state index in [1.54, 1.807) is 31.4 Å². The summed E-state index contributed by atoms with van der Waals surface area (Å²) in [6.07, 6.45) is 2.35. The first kappa shape index (κ1) is 22.3. The Morgan fingerprint density at radius 2 is 1.73 bits per heavy atom. The standard InChI is InChI=1S/C25H34N2O3/c1-19(2)27-15-13-20(14-16-27)17-30-18-24(21-7-5-4-6-8-21)26-25(28)22-9-11-23(29-3)12-10-22/h4-12,19-20,24H,13-18H2,1-3H3,(H,26,28)/t24-/m0/s1. The Kier molecular flexibility index (Phi) is 8.29. The van der Waals surface area contributed by atoms with Crippen molar-refractivity contribution >= 4 is 5.91 Å². The molecule has 1 N–H and O–H groups in total. The summed E-state index contributed by atoms with van der Waals surface area (Å²) in [5, 5.41) is 3.13. The van der Waals surface area contributed by atoms with E-state index in [2.05, 4.69) is 24.1 Å². The molecule has 0 saturated carbocycles. The molecule has 1 aliphatic heterocycles. The van der Waals surface area contributed by atoms with E-state index >= 15 is 0 Å². The zero-order valence-electron chi connectivity index (χ0n) is 18.3. The van der Waals surface area contributed by atoms with Gasteiger partial charge in [-0.1, -0.05) is 30.3 Å². The van der Waals surface area contributed by atoms with Gasteiger partial charge >= 0.3 is 0 Å². The Bertz CT molecular complexity index is 769. The Labute approximate surface area is 180 Å². The van der Waals surface area contributed by atoms with Crippen LogP contribution in [0, 0.1) is 5.92 Å². The van der Waals surface area contributed by atoms with E-state index in [1.807, 2.05) is 30.3 Å². The number of methoxy groups -OCH3 is 1. The number of benzene rings is 2. The molecule has 0 aliphatic carbocycles. The molecule has 1 atom stereocenters. The van der Waals surface area contributed by atoms with Crippen LogP contribution >= 0.6 is 0 Å². The van der Waals surface area contributed by atoms with Crippen molar-refractivity contribution in [3.05, 3.63) is 65.7 Å². The van der Waals surface area contributed by atoms with Crippen molar-refractivity contribution in [3.63, 3.8) is 0 Å². The lowest BCUT2D eigenvalue weighted by Crippen LogP contribution is -2.39. The minimum absolute atomic E-state index is 0.111. The van der Waals surface area contributed by atoms with Crippen molar-refractivity contribution in [3.8, 4) is 5.75 Å². The zero-order chi connectivity index (χ0) is 21.3. The maximum absolute atomic E-state index is 12.8. The number of rotatable bonds is 9. The van der Waals surface area contributed by atoms with Gasteiger partial charge in [0.15, 0.2) is 0 Å². The van der Waals surface area contributed by atoms with Crippen LogP contribution in [0.4, 0.5) is 0 Å². The van der Waals surface area contributed by atoms with Gasteiger partial charge < -0.3 is 19.7 Å². The highest BCUT2D eigenvalue weighted by atomic mass is 16.5. The van der Waals surface area contributed by atoms with Gasteiger partial charge in [0.1, 0.15) is 5.75 Å². The van der Waals surface area contributed by atoms with Crippen LogP contribution in [0.25, 0.3) is 0 Å². The topological polar surface area (TPSA) is 50.8 Å². The highest BCUT2D eigenvalue weighted by molar-refractivity contribution is 5.94. The highest BCUT2D eigenvalue weighted by Crippen LogP contribution is 2.21. The summed E-state index contributed by atoms with van der Waals surface area (Å²) >= 11 is 0. The molecule has 1 aliphatic rings. The summed E-state index contributed by atoms with van der Waals surface area (Å²) in [7, 11) is 1.62. The minimum atomic E-state index is -0.184. The number of likely N-dealkylation sites (tertiary alicyclic amines) is 1. The van der Waals surface area contributed by atoms with Gasteiger partial charge in [-0.15, -0.1) is 0 Å². The van der Waals surface area contributed by atoms with E-state index in [0.717, 1.165) is 31.0 Å². The number of nitrogens with zero attached hydrogens (tertiary/aromatic N) is 1. The van der Waals surface area contributed by atoms with Gasteiger partial charge in [-0.05, 0) is 75.5 Å². The normalized spacial score (nSPS) is 16.4. The van der Waals surface area contributed by atoms with Crippen LogP contribution in [0.3, 0.4) is 0 Å². The quantitative estimate of drug-likeness (QED) is 0.670. The maximum atomic E-state index is 12.8. The summed E-state index contributed by atoms with van der Waals surface area (Å²) in [5.41, 5.74) is 1.66. The first-order chi connectivity index (χ1) is 14.6. The molecule has 1 fully saturated rings.